The second-order valence-corrected chi connectivity index (χ2v) is 9.74. The number of hydrogen-bond acceptors (Lipinski definition) is 4. The number of anilines is 1. The van der Waals surface area contributed by atoms with E-state index in [0.29, 0.717) is 23.4 Å². The first-order valence-corrected chi connectivity index (χ1v) is 12.0. The van der Waals surface area contributed by atoms with Gasteiger partial charge in [-0.1, -0.05) is 31.2 Å². The van der Waals surface area contributed by atoms with Crippen LogP contribution in [0.15, 0.2) is 53.4 Å². The molecule has 30 heavy (non-hydrogen) atoms. The summed E-state index contributed by atoms with van der Waals surface area (Å²) < 4.78 is 28.2. The summed E-state index contributed by atoms with van der Waals surface area (Å²) in [5, 5.41) is 2.91. The number of rotatable bonds is 8. The number of amides is 1. The maximum absolute atomic E-state index is 12.8. The number of carbonyl (C=O) groups is 1. The molecule has 0 atom stereocenters. The van der Waals surface area contributed by atoms with Crippen molar-refractivity contribution in [2.75, 3.05) is 30.9 Å². The summed E-state index contributed by atoms with van der Waals surface area (Å²) in [4.78, 5) is 15.1. The topological polar surface area (TPSA) is 78.5 Å². The van der Waals surface area contributed by atoms with Gasteiger partial charge in [0.1, 0.15) is 0 Å². The first-order chi connectivity index (χ1) is 14.3. The molecule has 0 radical (unpaired) electrons. The second-order valence-electron chi connectivity index (χ2n) is 8.09. The lowest BCUT2D eigenvalue weighted by atomic mass is 9.99. The van der Waals surface area contributed by atoms with Crippen molar-refractivity contribution in [2.45, 2.75) is 38.0 Å². The zero-order chi connectivity index (χ0) is 21.6. The molecule has 6 nitrogen and oxygen atoms in total. The largest absolute Gasteiger partial charge is 0.352 e. The Labute approximate surface area is 179 Å². The SMILES string of the molecule is Cc1ccc(C(=O)NCCCN2CCC(C)CC2)cc1S(=O)(=O)Nc1ccccc1. The lowest BCUT2D eigenvalue weighted by Crippen LogP contribution is -2.35. The van der Waals surface area contributed by atoms with Gasteiger partial charge < -0.3 is 10.2 Å². The Morgan fingerprint density at radius 2 is 1.80 bits per heavy atom. The molecule has 1 aliphatic rings. The third-order valence-electron chi connectivity index (χ3n) is 5.58. The Morgan fingerprint density at radius 3 is 2.50 bits per heavy atom. The average molecular weight is 430 g/mol. The van der Waals surface area contributed by atoms with Crippen molar-refractivity contribution in [1.29, 1.82) is 0 Å². The number of hydrogen-bond donors (Lipinski definition) is 2. The van der Waals surface area contributed by atoms with Crippen LogP contribution in [0.3, 0.4) is 0 Å². The minimum absolute atomic E-state index is 0.112. The van der Waals surface area contributed by atoms with E-state index in [9.17, 15) is 13.2 Å². The van der Waals surface area contributed by atoms with Crippen LogP contribution in [0.5, 0.6) is 0 Å². The highest BCUT2D eigenvalue weighted by Gasteiger charge is 2.19. The molecule has 1 heterocycles. The summed E-state index contributed by atoms with van der Waals surface area (Å²) in [6.07, 6.45) is 3.36. The zero-order valence-corrected chi connectivity index (χ0v) is 18.5. The van der Waals surface area contributed by atoms with Gasteiger partial charge in [-0.25, -0.2) is 8.42 Å². The van der Waals surface area contributed by atoms with E-state index < -0.39 is 10.0 Å². The van der Waals surface area contributed by atoms with Gasteiger partial charge in [0.25, 0.3) is 15.9 Å². The third kappa shape index (κ3) is 6.06. The summed E-state index contributed by atoms with van der Waals surface area (Å²) in [5.74, 6) is 0.558. The van der Waals surface area contributed by atoms with Gasteiger partial charge in [-0.2, -0.15) is 0 Å². The summed E-state index contributed by atoms with van der Waals surface area (Å²) in [5.41, 5.74) is 1.43. The van der Waals surface area contributed by atoms with Crippen molar-refractivity contribution >= 4 is 21.6 Å². The number of likely N-dealkylation sites (tertiary alicyclic amines) is 1. The van der Waals surface area contributed by atoms with Crippen LogP contribution in [0.2, 0.25) is 0 Å². The molecular formula is C23H31N3O3S. The highest BCUT2D eigenvalue weighted by molar-refractivity contribution is 7.92. The van der Waals surface area contributed by atoms with Gasteiger partial charge in [0.05, 0.1) is 4.90 Å². The number of nitrogens with one attached hydrogen (secondary N) is 2. The van der Waals surface area contributed by atoms with Crippen LogP contribution >= 0.6 is 0 Å². The molecule has 0 unspecified atom stereocenters. The van der Waals surface area contributed by atoms with E-state index in [1.54, 1.807) is 43.3 Å². The van der Waals surface area contributed by atoms with Crippen molar-refractivity contribution < 1.29 is 13.2 Å². The molecule has 0 spiro atoms. The molecular weight excluding hydrogens is 398 g/mol. The number of carbonyl (C=O) groups excluding carboxylic acids is 1. The van der Waals surface area contributed by atoms with E-state index in [-0.39, 0.29) is 10.8 Å². The van der Waals surface area contributed by atoms with Crippen LogP contribution in [0, 0.1) is 12.8 Å². The highest BCUT2D eigenvalue weighted by Crippen LogP contribution is 2.21. The van der Waals surface area contributed by atoms with E-state index in [2.05, 4.69) is 21.9 Å². The molecule has 1 amide bonds. The third-order valence-corrected chi connectivity index (χ3v) is 7.10. The quantitative estimate of drug-likeness (QED) is 0.628. The summed E-state index contributed by atoms with van der Waals surface area (Å²) in [7, 11) is -3.78. The lowest BCUT2D eigenvalue weighted by Gasteiger charge is -2.30. The number of para-hydroxylation sites is 1. The van der Waals surface area contributed by atoms with Gasteiger partial charge in [0.15, 0.2) is 0 Å². The highest BCUT2D eigenvalue weighted by atomic mass is 32.2. The van der Waals surface area contributed by atoms with Gasteiger partial charge in [0, 0.05) is 17.8 Å². The predicted molar refractivity (Wildman–Crippen MR) is 120 cm³/mol. The molecule has 0 saturated carbocycles. The van der Waals surface area contributed by atoms with Crippen LogP contribution in [0.25, 0.3) is 0 Å². The number of nitrogens with zero attached hydrogens (tertiary/aromatic N) is 1. The first kappa shape index (κ1) is 22.3. The van der Waals surface area contributed by atoms with Crippen LogP contribution in [0.1, 0.15) is 42.1 Å². The minimum atomic E-state index is -3.78. The minimum Gasteiger partial charge on any atom is -0.352 e. The Bertz CT molecular complexity index is 953. The van der Waals surface area contributed by atoms with Crippen LogP contribution in [-0.2, 0) is 10.0 Å². The molecule has 0 aromatic heterocycles. The molecule has 1 fully saturated rings. The van der Waals surface area contributed by atoms with E-state index >= 15 is 0 Å². The van der Waals surface area contributed by atoms with Crippen LogP contribution in [-0.4, -0.2) is 45.4 Å². The number of sulfonamides is 1. The molecule has 1 saturated heterocycles. The maximum atomic E-state index is 12.8. The summed E-state index contributed by atoms with van der Waals surface area (Å²) in [6, 6.07) is 13.5. The molecule has 3 rings (SSSR count). The summed E-state index contributed by atoms with van der Waals surface area (Å²) in [6.45, 7) is 7.82. The van der Waals surface area contributed by atoms with Gasteiger partial charge in [0.2, 0.25) is 0 Å². The Morgan fingerprint density at radius 1 is 1.10 bits per heavy atom. The predicted octanol–water partition coefficient (Wildman–Crippen LogP) is 3.65. The standard InChI is InChI=1S/C23H31N3O3S/c1-18-11-15-26(16-12-18)14-6-13-24-23(27)20-10-9-19(2)22(17-20)30(28,29)25-21-7-4-3-5-8-21/h3-5,7-10,17-18,25H,6,11-16H2,1-2H3,(H,24,27). The molecule has 1 aliphatic heterocycles. The number of aryl methyl sites for hydroxylation is 1. The molecule has 2 aromatic carbocycles. The van der Waals surface area contributed by atoms with Gasteiger partial charge in [-0.15, -0.1) is 0 Å². The van der Waals surface area contributed by atoms with Gasteiger partial charge >= 0.3 is 0 Å². The second kappa shape index (κ2) is 10.1. The van der Waals surface area contributed by atoms with E-state index in [1.807, 2.05) is 6.07 Å². The fraction of sp³-hybridized carbons (Fsp3) is 0.435. The molecule has 2 aromatic rings. The maximum Gasteiger partial charge on any atom is 0.262 e. The van der Waals surface area contributed by atoms with Crippen molar-refractivity contribution in [3.63, 3.8) is 0 Å². The lowest BCUT2D eigenvalue weighted by molar-refractivity contribution is 0.0950. The van der Waals surface area contributed by atoms with E-state index in [4.69, 9.17) is 0 Å². The molecule has 7 heteroatoms. The summed E-state index contributed by atoms with van der Waals surface area (Å²) >= 11 is 0. The normalized spacial score (nSPS) is 15.7. The monoisotopic (exact) mass is 429 g/mol. The fourth-order valence-electron chi connectivity index (χ4n) is 3.64. The molecule has 0 bridgehead atoms. The van der Waals surface area contributed by atoms with E-state index in [1.165, 1.54) is 18.9 Å². The Balaban J connectivity index is 1.58. The smallest absolute Gasteiger partial charge is 0.262 e. The van der Waals surface area contributed by atoms with Crippen LogP contribution < -0.4 is 10.0 Å². The molecule has 162 valence electrons. The molecule has 2 N–H and O–H groups in total. The van der Waals surface area contributed by atoms with Crippen LogP contribution in [0.4, 0.5) is 5.69 Å². The van der Waals surface area contributed by atoms with Crippen molar-refractivity contribution in [2.24, 2.45) is 5.92 Å². The number of benzene rings is 2. The fourth-order valence-corrected chi connectivity index (χ4v) is 4.97. The van der Waals surface area contributed by atoms with Crippen molar-refractivity contribution in [1.82, 2.24) is 10.2 Å². The average Bonchev–Trinajstić information content (AvgIpc) is 2.73. The number of piperidine rings is 1. The molecule has 0 aliphatic carbocycles. The zero-order valence-electron chi connectivity index (χ0n) is 17.7. The van der Waals surface area contributed by atoms with Crippen molar-refractivity contribution in [3.05, 3.63) is 59.7 Å². The Hall–Kier alpha value is -2.38. The van der Waals surface area contributed by atoms with E-state index in [0.717, 1.165) is 32.0 Å². The Kier molecular flexibility index (Phi) is 7.50. The van der Waals surface area contributed by atoms with Crippen molar-refractivity contribution in [3.8, 4) is 0 Å². The van der Waals surface area contributed by atoms with Gasteiger partial charge in [-0.05, 0) is 81.6 Å². The first-order valence-electron chi connectivity index (χ1n) is 10.5. The van der Waals surface area contributed by atoms with Gasteiger partial charge in [-0.3, -0.25) is 9.52 Å².